The third kappa shape index (κ3) is 6.21. The number of nitrogens with zero attached hydrogens (tertiary/aromatic N) is 2. The van der Waals surface area contributed by atoms with Crippen molar-refractivity contribution in [2.24, 2.45) is 11.5 Å². The Hall–Kier alpha value is -2.77. The SMILES string of the molecule is CC(N)C(=O)NC(C(=O)N1CCCC1C(=O)N1CCCC1C(=O)NC(C(N)=O)C(C)O)C(C)O. The lowest BCUT2D eigenvalue weighted by atomic mass is 10.1. The Kier molecular flexibility index (Phi) is 9.36. The molecule has 13 heteroatoms. The fourth-order valence-electron chi connectivity index (χ4n) is 4.31. The number of hydrogen-bond acceptors (Lipinski definition) is 8. The molecule has 0 aromatic carbocycles. The molecule has 34 heavy (non-hydrogen) atoms. The molecule has 192 valence electrons. The van der Waals surface area contributed by atoms with Gasteiger partial charge in [0.1, 0.15) is 24.2 Å². The van der Waals surface area contributed by atoms with Crippen molar-refractivity contribution in [3.63, 3.8) is 0 Å². The van der Waals surface area contributed by atoms with Crippen LogP contribution in [0.4, 0.5) is 0 Å². The molecule has 0 aromatic heterocycles. The molecule has 0 saturated carbocycles. The maximum Gasteiger partial charge on any atom is 0.248 e. The molecule has 0 spiro atoms. The summed E-state index contributed by atoms with van der Waals surface area (Å²) >= 11 is 0. The van der Waals surface area contributed by atoms with Gasteiger partial charge in [-0.05, 0) is 46.5 Å². The molecule has 0 radical (unpaired) electrons. The quantitative estimate of drug-likeness (QED) is 0.193. The van der Waals surface area contributed by atoms with Gasteiger partial charge in [-0.25, -0.2) is 0 Å². The highest BCUT2D eigenvalue weighted by molar-refractivity contribution is 5.96. The molecule has 2 saturated heterocycles. The lowest BCUT2D eigenvalue weighted by Gasteiger charge is -2.34. The number of aliphatic hydroxyl groups excluding tert-OH is 2. The van der Waals surface area contributed by atoms with Crippen LogP contribution in [0.25, 0.3) is 0 Å². The van der Waals surface area contributed by atoms with Crippen LogP contribution < -0.4 is 22.1 Å². The molecule has 0 aromatic rings. The summed E-state index contributed by atoms with van der Waals surface area (Å²) in [4.78, 5) is 65.6. The van der Waals surface area contributed by atoms with E-state index >= 15 is 0 Å². The largest absolute Gasteiger partial charge is 0.391 e. The predicted molar refractivity (Wildman–Crippen MR) is 120 cm³/mol. The van der Waals surface area contributed by atoms with Crippen LogP contribution in [0, 0.1) is 0 Å². The molecule has 2 rings (SSSR count). The van der Waals surface area contributed by atoms with Gasteiger partial charge >= 0.3 is 0 Å². The number of rotatable bonds is 9. The van der Waals surface area contributed by atoms with E-state index in [1.165, 1.54) is 30.6 Å². The summed E-state index contributed by atoms with van der Waals surface area (Å²) in [5.41, 5.74) is 10.8. The van der Waals surface area contributed by atoms with Crippen molar-refractivity contribution in [1.29, 1.82) is 0 Å². The molecule has 13 nitrogen and oxygen atoms in total. The fourth-order valence-corrected chi connectivity index (χ4v) is 4.31. The normalized spacial score (nSPS) is 24.6. The zero-order chi connectivity index (χ0) is 25.7. The van der Waals surface area contributed by atoms with Crippen molar-refractivity contribution in [2.75, 3.05) is 13.1 Å². The first-order chi connectivity index (χ1) is 15.9. The molecule has 7 unspecified atom stereocenters. The van der Waals surface area contributed by atoms with E-state index in [4.69, 9.17) is 11.5 Å². The van der Waals surface area contributed by atoms with Gasteiger partial charge in [-0.15, -0.1) is 0 Å². The van der Waals surface area contributed by atoms with Gasteiger partial charge in [0.15, 0.2) is 0 Å². The molecule has 2 aliphatic heterocycles. The third-order valence-corrected chi connectivity index (χ3v) is 6.21. The number of nitrogens with one attached hydrogen (secondary N) is 2. The number of carbonyl (C=O) groups excluding carboxylic acids is 5. The standard InChI is InChI=1S/C21H36N6O7/c1-10(22)18(31)25-16(12(3)29)21(34)27-9-5-7-14(27)20(33)26-8-4-6-13(26)19(32)24-15(11(2)28)17(23)30/h10-16,28-29H,4-9,22H2,1-3H3,(H2,23,30)(H,24,32)(H,25,31). The molecule has 7 atom stereocenters. The first-order valence-corrected chi connectivity index (χ1v) is 11.5. The summed E-state index contributed by atoms with van der Waals surface area (Å²) in [6, 6.07) is -5.20. The van der Waals surface area contributed by atoms with Crippen LogP contribution in [-0.4, -0.2) is 105 Å². The minimum Gasteiger partial charge on any atom is -0.391 e. The Morgan fingerprint density at radius 3 is 1.88 bits per heavy atom. The maximum atomic E-state index is 13.4. The van der Waals surface area contributed by atoms with Gasteiger partial charge in [-0.3, -0.25) is 24.0 Å². The molecule has 2 aliphatic rings. The van der Waals surface area contributed by atoms with Gasteiger partial charge in [-0.2, -0.15) is 0 Å². The Morgan fingerprint density at radius 2 is 1.38 bits per heavy atom. The van der Waals surface area contributed by atoms with Crippen LogP contribution in [0.2, 0.25) is 0 Å². The summed E-state index contributed by atoms with van der Waals surface area (Å²) in [5, 5.41) is 24.6. The first kappa shape index (κ1) is 27.5. The number of aliphatic hydroxyl groups is 2. The molecule has 5 amide bonds. The van der Waals surface area contributed by atoms with Gasteiger partial charge in [-0.1, -0.05) is 0 Å². The number of nitrogens with two attached hydrogens (primary N) is 2. The van der Waals surface area contributed by atoms with E-state index in [1.54, 1.807) is 0 Å². The van der Waals surface area contributed by atoms with Crippen LogP contribution >= 0.6 is 0 Å². The first-order valence-electron chi connectivity index (χ1n) is 11.5. The van der Waals surface area contributed by atoms with E-state index in [2.05, 4.69) is 10.6 Å². The Labute approximate surface area is 198 Å². The summed E-state index contributed by atoms with van der Waals surface area (Å²) in [7, 11) is 0. The van der Waals surface area contributed by atoms with Crippen molar-refractivity contribution in [2.45, 2.75) is 88.9 Å². The Bertz CT molecular complexity index is 802. The lowest BCUT2D eigenvalue weighted by Crippen LogP contribution is -2.60. The summed E-state index contributed by atoms with van der Waals surface area (Å²) in [6.45, 7) is 4.66. The van der Waals surface area contributed by atoms with Crippen molar-refractivity contribution >= 4 is 29.5 Å². The van der Waals surface area contributed by atoms with E-state index in [1.807, 2.05) is 0 Å². The fraction of sp³-hybridized carbons (Fsp3) is 0.762. The average molecular weight is 485 g/mol. The van der Waals surface area contributed by atoms with Gasteiger partial charge < -0.3 is 42.1 Å². The predicted octanol–water partition coefficient (Wildman–Crippen LogP) is -3.47. The number of likely N-dealkylation sites (tertiary alicyclic amines) is 2. The lowest BCUT2D eigenvalue weighted by molar-refractivity contribution is -0.149. The monoisotopic (exact) mass is 484 g/mol. The van der Waals surface area contributed by atoms with Crippen molar-refractivity contribution < 1.29 is 34.2 Å². The second-order valence-corrected chi connectivity index (χ2v) is 9.02. The minimum atomic E-state index is -1.30. The molecular weight excluding hydrogens is 448 g/mol. The minimum absolute atomic E-state index is 0.253. The Balaban J connectivity index is 2.16. The van der Waals surface area contributed by atoms with E-state index < -0.39 is 72.0 Å². The average Bonchev–Trinajstić information content (AvgIpc) is 3.43. The van der Waals surface area contributed by atoms with Crippen LogP contribution in [0.3, 0.4) is 0 Å². The van der Waals surface area contributed by atoms with E-state index in [9.17, 15) is 34.2 Å². The highest BCUT2D eigenvalue weighted by Gasteiger charge is 2.44. The van der Waals surface area contributed by atoms with Gasteiger partial charge in [0.05, 0.1) is 18.2 Å². The molecule has 0 bridgehead atoms. The zero-order valence-electron chi connectivity index (χ0n) is 19.8. The molecule has 0 aliphatic carbocycles. The van der Waals surface area contributed by atoms with Crippen LogP contribution in [0.5, 0.6) is 0 Å². The summed E-state index contributed by atoms with van der Waals surface area (Å²) in [5.74, 6) is -3.16. The van der Waals surface area contributed by atoms with Crippen LogP contribution in [-0.2, 0) is 24.0 Å². The second-order valence-electron chi connectivity index (χ2n) is 9.02. The zero-order valence-corrected chi connectivity index (χ0v) is 19.8. The number of carbonyl (C=O) groups is 5. The van der Waals surface area contributed by atoms with E-state index in [-0.39, 0.29) is 13.1 Å². The van der Waals surface area contributed by atoms with Crippen LogP contribution in [0.1, 0.15) is 46.5 Å². The van der Waals surface area contributed by atoms with Gasteiger partial charge in [0.25, 0.3) is 0 Å². The van der Waals surface area contributed by atoms with E-state index in [0.717, 1.165) is 0 Å². The number of amides is 5. The molecule has 8 N–H and O–H groups in total. The van der Waals surface area contributed by atoms with Crippen molar-refractivity contribution in [1.82, 2.24) is 20.4 Å². The van der Waals surface area contributed by atoms with Crippen molar-refractivity contribution in [3.05, 3.63) is 0 Å². The molecule has 2 fully saturated rings. The Morgan fingerprint density at radius 1 is 0.853 bits per heavy atom. The highest BCUT2D eigenvalue weighted by Crippen LogP contribution is 2.26. The highest BCUT2D eigenvalue weighted by atomic mass is 16.3. The van der Waals surface area contributed by atoms with E-state index in [0.29, 0.717) is 25.7 Å². The third-order valence-electron chi connectivity index (χ3n) is 6.21. The molecule has 2 heterocycles. The number of hydrogen-bond donors (Lipinski definition) is 6. The van der Waals surface area contributed by atoms with Gasteiger partial charge in [0, 0.05) is 13.1 Å². The topological polar surface area (TPSA) is 208 Å². The second kappa shape index (κ2) is 11.6. The maximum absolute atomic E-state index is 13.4. The number of primary amides is 1. The van der Waals surface area contributed by atoms with Crippen molar-refractivity contribution in [3.8, 4) is 0 Å². The smallest absolute Gasteiger partial charge is 0.248 e. The summed E-state index contributed by atoms with van der Waals surface area (Å²) in [6.07, 6.45) is -0.639. The van der Waals surface area contributed by atoms with Gasteiger partial charge in [0.2, 0.25) is 29.5 Å². The van der Waals surface area contributed by atoms with Crippen LogP contribution in [0.15, 0.2) is 0 Å². The molecular formula is C21H36N6O7. The summed E-state index contributed by atoms with van der Waals surface area (Å²) < 4.78 is 0.